The van der Waals surface area contributed by atoms with Gasteiger partial charge in [-0.05, 0) is 30.7 Å². The van der Waals surface area contributed by atoms with Crippen molar-refractivity contribution in [1.82, 2.24) is 0 Å². The molecule has 1 N–H and O–H groups in total. The summed E-state index contributed by atoms with van der Waals surface area (Å²) in [4.78, 5) is 24.0. The number of hydrogen-bond donors (Lipinski definition) is 1. The topological polar surface area (TPSA) is 79.2 Å². The number of ether oxygens (including phenoxy) is 1. The zero-order chi connectivity index (χ0) is 15.6. The Labute approximate surface area is 131 Å². The van der Waals surface area contributed by atoms with Crippen LogP contribution in [0.2, 0.25) is 0 Å². The first-order chi connectivity index (χ1) is 9.89. The van der Waals surface area contributed by atoms with E-state index in [1.54, 1.807) is 30.3 Å². The maximum atomic E-state index is 12.0. The molecule has 5 nitrogen and oxygen atoms in total. The number of nitrogens with one attached hydrogen (secondary N) is 1. The van der Waals surface area contributed by atoms with Crippen LogP contribution in [0, 0.1) is 23.2 Å². The summed E-state index contributed by atoms with van der Waals surface area (Å²) in [6, 6.07) is 8.23. The number of anilines is 1. The van der Waals surface area contributed by atoms with Gasteiger partial charge >= 0.3 is 0 Å². The van der Waals surface area contributed by atoms with Crippen molar-refractivity contribution in [2.75, 3.05) is 12.4 Å². The molecule has 1 fully saturated rings. The van der Waals surface area contributed by atoms with Crippen LogP contribution in [0.3, 0.4) is 0 Å². The highest BCUT2D eigenvalue weighted by molar-refractivity contribution is 6.52. The van der Waals surface area contributed by atoms with Crippen molar-refractivity contribution in [3.63, 3.8) is 0 Å². The summed E-state index contributed by atoms with van der Waals surface area (Å²) in [5.74, 6) is -2.69. The molecular formula is C14H12Cl2N2O3. The molecule has 1 aromatic rings. The molecule has 0 aromatic heterocycles. The van der Waals surface area contributed by atoms with E-state index in [0.29, 0.717) is 11.4 Å². The summed E-state index contributed by atoms with van der Waals surface area (Å²) >= 11 is 11.6. The van der Waals surface area contributed by atoms with Gasteiger partial charge in [0.05, 0.1) is 19.1 Å². The zero-order valence-corrected chi connectivity index (χ0v) is 12.6. The first-order valence-corrected chi connectivity index (χ1v) is 6.90. The molecule has 0 radical (unpaired) electrons. The third-order valence-corrected chi connectivity index (χ3v) is 4.04. The highest BCUT2D eigenvalue weighted by Crippen LogP contribution is 2.54. The van der Waals surface area contributed by atoms with Crippen molar-refractivity contribution in [1.29, 1.82) is 5.26 Å². The van der Waals surface area contributed by atoms with Gasteiger partial charge in [-0.3, -0.25) is 9.59 Å². The minimum atomic E-state index is -1.42. The van der Waals surface area contributed by atoms with Crippen LogP contribution in [0.25, 0.3) is 0 Å². The lowest BCUT2D eigenvalue weighted by molar-refractivity contribution is -0.129. The highest BCUT2D eigenvalue weighted by Gasteiger charge is 2.58. The minimum absolute atomic E-state index is 0.267. The summed E-state index contributed by atoms with van der Waals surface area (Å²) in [6.45, 7) is 0. The summed E-state index contributed by atoms with van der Waals surface area (Å²) in [5.41, 5.74) is 0.465. The average Bonchev–Trinajstić information content (AvgIpc) is 3.09. The van der Waals surface area contributed by atoms with Gasteiger partial charge in [0.2, 0.25) is 5.91 Å². The Balaban J connectivity index is 2.03. The van der Waals surface area contributed by atoms with Gasteiger partial charge in [-0.2, -0.15) is 5.26 Å². The van der Waals surface area contributed by atoms with Gasteiger partial charge < -0.3 is 10.1 Å². The van der Waals surface area contributed by atoms with E-state index in [9.17, 15) is 9.59 Å². The molecule has 0 saturated heterocycles. The fraction of sp³-hybridized carbons (Fsp3) is 0.357. The fourth-order valence-electron chi connectivity index (χ4n) is 1.86. The smallest absolute Gasteiger partial charge is 0.249 e. The molecule has 7 heteroatoms. The lowest BCUT2D eigenvalue weighted by atomic mass is 10.0. The molecule has 2 unspecified atom stereocenters. The molecule has 1 aromatic carbocycles. The van der Waals surface area contributed by atoms with Crippen molar-refractivity contribution in [3.8, 4) is 11.8 Å². The average molecular weight is 327 g/mol. The fourth-order valence-corrected chi connectivity index (χ4v) is 2.39. The number of benzene rings is 1. The molecule has 1 saturated carbocycles. The van der Waals surface area contributed by atoms with Gasteiger partial charge in [-0.25, -0.2) is 0 Å². The number of Topliss-reactive ketones (excluding diaryl/α,β-unsaturated/α-hetero) is 1. The summed E-state index contributed by atoms with van der Waals surface area (Å²) in [6.07, 6.45) is 0.267. The molecule has 2 atom stereocenters. The van der Waals surface area contributed by atoms with E-state index in [1.807, 2.05) is 0 Å². The predicted octanol–water partition coefficient (Wildman–Crippen LogP) is 2.54. The number of ketones is 1. The molecule has 110 valence electrons. The minimum Gasteiger partial charge on any atom is -0.497 e. The molecule has 2 rings (SSSR count). The van der Waals surface area contributed by atoms with Crippen LogP contribution in [-0.2, 0) is 9.59 Å². The van der Waals surface area contributed by atoms with Crippen molar-refractivity contribution in [2.45, 2.75) is 10.8 Å². The Bertz CT molecular complexity index is 608. The second kappa shape index (κ2) is 5.92. The third-order valence-electron chi connectivity index (χ3n) is 3.20. The number of nitriles is 1. The van der Waals surface area contributed by atoms with Crippen LogP contribution in [0.4, 0.5) is 5.69 Å². The van der Waals surface area contributed by atoms with Crippen LogP contribution in [-0.4, -0.2) is 23.1 Å². The molecule has 0 aliphatic heterocycles. The van der Waals surface area contributed by atoms with Crippen molar-refractivity contribution in [2.24, 2.45) is 11.8 Å². The van der Waals surface area contributed by atoms with Gasteiger partial charge in [-0.1, -0.05) is 0 Å². The number of hydrogen-bond acceptors (Lipinski definition) is 4. The lowest BCUT2D eigenvalue weighted by Crippen LogP contribution is -2.30. The largest absolute Gasteiger partial charge is 0.497 e. The van der Waals surface area contributed by atoms with Gasteiger partial charge in [-0.15, -0.1) is 23.2 Å². The van der Waals surface area contributed by atoms with Crippen molar-refractivity contribution < 1.29 is 14.3 Å². The SMILES string of the molecule is COc1ccc(NC(=O)C(C#N)C(=O)C2CC2(Cl)Cl)cc1. The van der Waals surface area contributed by atoms with Crippen LogP contribution >= 0.6 is 23.2 Å². The molecule has 1 amide bonds. The van der Waals surface area contributed by atoms with Crippen LogP contribution in [0.1, 0.15) is 6.42 Å². The van der Waals surface area contributed by atoms with E-state index in [2.05, 4.69) is 5.32 Å². The number of rotatable bonds is 5. The molecule has 1 aliphatic carbocycles. The Morgan fingerprint density at radius 2 is 2.00 bits per heavy atom. The Kier molecular flexibility index (Phi) is 4.40. The Morgan fingerprint density at radius 3 is 2.43 bits per heavy atom. The van der Waals surface area contributed by atoms with E-state index < -0.39 is 27.9 Å². The van der Waals surface area contributed by atoms with E-state index in [4.69, 9.17) is 33.2 Å². The van der Waals surface area contributed by atoms with E-state index in [1.165, 1.54) is 7.11 Å². The number of alkyl halides is 2. The zero-order valence-electron chi connectivity index (χ0n) is 11.1. The maximum Gasteiger partial charge on any atom is 0.249 e. The number of carbonyl (C=O) groups excluding carboxylic acids is 2. The highest BCUT2D eigenvalue weighted by atomic mass is 35.5. The van der Waals surface area contributed by atoms with Crippen LogP contribution in [0.5, 0.6) is 5.75 Å². The molecule has 0 heterocycles. The number of halogens is 2. The van der Waals surface area contributed by atoms with E-state index >= 15 is 0 Å². The summed E-state index contributed by atoms with van der Waals surface area (Å²) < 4.78 is 3.85. The lowest BCUT2D eigenvalue weighted by Gasteiger charge is -2.10. The van der Waals surface area contributed by atoms with Gasteiger partial charge in [0.25, 0.3) is 0 Å². The first kappa shape index (κ1) is 15.6. The van der Waals surface area contributed by atoms with Crippen LogP contribution in [0.15, 0.2) is 24.3 Å². The van der Waals surface area contributed by atoms with E-state index in [0.717, 1.165) is 0 Å². The number of nitrogens with zero attached hydrogens (tertiary/aromatic N) is 1. The summed E-state index contributed by atoms with van der Waals surface area (Å²) in [5, 5.41) is 11.5. The second-order valence-electron chi connectivity index (χ2n) is 4.70. The molecule has 0 bridgehead atoms. The Hall–Kier alpha value is -1.77. The molecule has 1 aliphatic rings. The van der Waals surface area contributed by atoms with Crippen LogP contribution < -0.4 is 10.1 Å². The standard InChI is InChI=1S/C14H12Cl2N2O3/c1-21-9-4-2-8(3-5-9)18-13(20)10(7-17)12(19)11-6-14(11,15)16/h2-5,10-11H,6H2,1H3,(H,18,20). The normalized spacial score (nSPS) is 20.0. The number of methoxy groups -OCH3 is 1. The maximum absolute atomic E-state index is 12.0. The Morgan fingerprint density at radius 1 is 1.43 bits per heavy atom. The monoisotopic (exact) mass is 326 g/mol. The number of carbonyl (C=O) groups is 2. The summed E-state index contributed by atoms with van der Waals surface area (Å²) in [7, 11) is 1.53. The molecule has 0 spiro atoms. The van der Waals surface area contributed by atoms with Crippen molar-refractivity contribution in [3.05, 3.63) is 24.3 Å². The van der Waals surface area contributed by atoms with Gasteiger partial charge in [0.15, 0.2) is 11.7 Å². The quantitative estimate of drug-likeness (QED) is 0.666. The number of amides is 1. The van der Waals surface area contributed by atoms with E-state index in [-0.39, 0.29) is 6.42 Å². The van der Waals surface area contributed by atoms with Gasteiger partial charge in [0.1, 0.15) is 10.1 Å². The van der Waals surface area contributed by atoms with Gasteiger partial charge in [0, 0.05) is 5.69 Å². The predicted molar refractivity (Wildman–Crippen MR) is 78.3 cm³/mol. The van der Waals surface area contributed by atoms with Crippen molar-refractivity contribution >= 4 is 40.6 Å². The molecule has 21 heavy (non-hydrogen) atoms. The second-order valence-corrected chi connectivity index (χ2v) is 6.24. The molecular weight excluding hydrogens is 315 g/mol. The first-order valence-electron chi connectivity index (χ1n) is 6.15. The third kappa shape index (κ3) is 3.46.